The van der Waals surface area contributed by atoms with E-state index in [2.05, 4.69) is 5.32 Å². The average molecular weight is 326 g/mol. The molecule has 0 aliphatic rings. The molecule has 0 radical (unpaired) electrons. The number of Topliss-reactive ketones (excluding diaryl/α,β-unsaturated/α-hetero) is 1. The predicted octanol–water partition coefficient (Wildman–Crippen LogP) is 1.57. The van der Waals surface area contributed by atoms with Crippen LogP contribution in [0.25, 0.3) is 0 Å². The Morgan fingerprint density at radius 3 is 2.23 bits per heavy atom. The second kappa shape index (κ2) is 7.93. The van der Waals surface area contributed by atoms with E-state index in [1.807, 2.05) is 6.92 Å². The van der Waals surface area contributed by atoms with Crippen molar-refractivity contribution in [1.82, 2.24) is 5.32 Å². The van der Waals surface area contributed by atoms with Gasteiger partial charge in [0.25, 0.3) is 0 Å². The van der Waals surface area contributed by atoms with E-state index < -0.39 is 10.0 Å². The lowest BCUT2D eigenvalue weighted by atomic mass is 10.1. The number of hydrogen-bond donors (Lipinski definition) is 1. The van der Waals surface area contributed by atoms with Crippen LogP contribution in [-0.4, -0.2) is 39.5 Å². The maximum Gasteiger partial charge on any atom is 0.232 e. The fraction of sp³-hybridized carbons (Fsp3) is 0.467. The third-order valence-electron chi connectivity index (χ3n) is 3.08. The zero-order valence-electron chi connectivity index (χ0n) is 13.1. The molecule has 22 heavy (non-hydrogen) atoms. The van der Waals surface area contributed by atoms with Crippen molar-refractivity contribution in [2.75, 3.05) is 23.7 Å². The van der Waals surface area contributed by atoms with E-state index in [-0.39, 0.29) is 24.8 Å². The molecule has 0 fully saturated rings. The number of hydrogen-bond acceptors (Lipinski definition) is 4. The van der Waals surface area contributed by atoms with Crippen molar-refractivity contribution in [2.45, 2.75) is 26.7 Å². The summed E-state index contributed by atoms with van der Waals surface area (Å²) in [5, 5.41) is 2.69. The molecule has 1 amide bonds. The Bertz CT molecular complexity index is 623. The molecule has 1 N–H and O–H groups in total. The minimum atomic E-state index is -3.46. The van der Waals surface area contributed by atoms with Gasteiger partial charge in [-0.05, 0) is 37.6 Å². The molecule has 0 atom stereocenters. The van der Waals surface area contributed by atoms with Gasteiger partial charge in [0.15, 0.2) is 5.78 Å². The first-order chi connectivity index (χ1) is 10.3. The van der Waals surface area contributed by atoms with Crippen LogP contribution in [0.2, 0.25) is 0 Å². The number of amides is 1. The molecular weight excluding hydrogens is 304 g/mol. The van der Waals surface area contributed by atoms with Crippen LogP contribution in [-0.2, 0) is 14.8 Å². The largest absolute Gasteiger partial charge is 0.354 e. The van der Waals surface area contributed by atoms with Gasteiger partial charge in [-0.1, -0.05) is 6.92 Å². The molecule has 1 rings (SSSR count). The number of carbonyl (C=O) groups is 2. The van der Waals surface area contributed by atoms with Crippen LogP contribution in [0.5, 0.6) is 0 Å². The normalized spacial score (nSPS) is 11.0. The smallest absolute Gasteiger partial charge is 0.232 e. The van der Waals surface area contributed by atoms with Gasteiger partial charge in [-0.15, -0.1) is 0 Å². The molecule has 6 nitrogen and oxygen atoms in total. The first kappa shape index (κ1) is 18.2. The molecule has 0 aliphatic carbocycles. The minimum Gasteiger partial charge on any atom is -0.354 e. The van der Waals surface area contributed by atoms with Crippen molar-refractivity contribution < 1.29 is 18.0 Å². The van der Waals surface area contributed by atoms with Crippen LogP contribution >= 0.6 is 0 Å². The molecule has 1 aromatic rings. The summed E-state index contributed by atoms with van der Waals surface area (Å²) >= 11 is 0. The Morgan fingerprint density at radius 1 is 1.18 bits per heavy atom. The fourth-order valence-corrected chi connectivity index (χ4v) is 2.89. The number of rotatable bonds is 8. The van der Waals surface area contributed by atoms with Crippen LogP contribution in [0, 0.1) is 0 Å². The van der Waals surface area contributed by atoms with Gasteiger partial charge in [-0.2, -0.15) is 0 Å². The highest BCUT2D eigenvalue weighted by Gasteiger charge is 2.17. The molecule has 0 heterocycles. The summed E-state index contributed by atoms with van der Waals surface area (Å²) in [5.41, 5.74) is 0.991. The third-order valence-corrected chi connectivity index (χ3v) is 4.27. The van der Waals surface area contributed by atoms with Crippen LogP contribution in [0.3, 0.4) is 0 Å². The molecule has 1 aromatic carbocycles. The molecule has 0 bridgehead atoms. The maximum atomic E-state index is 11.9. The topological polar surface area (TPSA) is 83.6 Å². The van der Waals surface area contributed by atoms with Crippen molar-refractivity contribution in [1.29, 1.82) is 0 Å². The third kappa shape index (κ3) is 5.48. The molecular formula is C15H22N2O4S. The molecule has 0 saturated carbocycles. The highest BCUT2D eigenvalue weighted by Crippen LogP contribution is 2.18. The second-order valence-corrected chi connectivity index (χ2v) is 6.94. The standard InChI is InChI=1S/C15H22N2O4S/c1-4-5-15(19)16-10-11-17(22(3,20)21)14-8-6-13(7-9-14)12(2)18/h6-9H,4-5,10-11H2,1-3H3,(H,16,19). The Labute approximate surface area is 131 Å². The lowest BCUT2D eigenvalue weighted by molar-refractivity contribution is -0.121. The molecule has 0 spiro atoms. The van der Waals surface area contributed by atoms with E-state index in [0.717, 1.165) is 12.7 Å². The summed E-state index contributed by atoms with van der Waals surface area (Å²) < 4.78 is 25.0. The molecule has 7 heteroatoms. The van der Waals surface area contributed by atoms with E-state index in [0.29, 0.717) is 17.7 Å². The van der Waals surface area contributed by atoms with Gasteiger partial charge >= 0.3 is 0 Å². The van der Waals surface area contributed by atoms with Gasteiger partial charge in [-0.3, -0.25) is 13.9 Å². The first-order valence-electron chi connectivity index (χ1n) is 7.11. The summed E-state index contributed by atoms with van der Waals surface area (Å²) in [6, 6.07) is 6.36. The van der Waals surface area contributed by atoms with Crippen molar-refractivity contribution in [3.05, 3.63) is 29.8 Å². The lowest BCUT2D eigenvalue weighted by Gasteiger charge is -2.22. The Hall–Kier alpha value is -1.89. The lowest BCUT2D eigenvalue weighted by Crippen LogP contribution is -2.38. The van der Waals surface area contributed by atoms with Gasteiger partial charge in [0.1, 0.15) is 0 Å². The number of anilines is 1. The van der Waals surface area contributed by atoms with Crippen LogP contribution in [0.4, 0.5) is 5.69 Å². The van der Waals surface area contributed by atoms with Crippen LogP contribution in [0.1, 0.15) is 37.0 Å². The summed E-state index contributed by atoms with van der Waals surface area (Å²) in [6.07, 6.45) is 2.28. The van der Waals surface area contributed by atoms with Gasteiger partial charge < -0.3 is 5.32 Å². The molecule has 0 aliphatic heterocycles. The highest BCUT2D eigenvalue weighted by molar-refractivity contribution is 7.92. The Kier molecular flexibility index (Phi) is 6.55. The van der Waals surface area contributed by atoms with Gasteiger partial charge in [-0.25, -0.2) is 8.42 Å². The number of sulfonamides is 1. The maximum absolute atomic E-state index is 11.9. The van der Waals surface area contributed by atoms with E-state index in [1.54, 1.807) is 24.3 Å². The van der Waals surface area contributed by atoms with Crippen molar-refractivity contribution in [2.24, 2.45) is 0 Å². The zero-order chi connectivity index (χ0) is 16.8. The monoisotopic (exact) mass is 326 g/mol. The summed E-state index contributed by atoms with van der Waals surface area (Å²) in [7, 11) is -3.46. The molecule has 0 saturated heterocycles. The Balaban J connectivity index is 2.81. The van der Waals surface area contributed by atoms with Gasteiger partial charge in [0.05, 0.1) is 18.5 Å². The quantitative estimate of drug-likeness (QED) is 0.735. The highest BCUT2D eigenvalue weighted by atomic mass is 32.2. The molecule has 122 valence electrons. The summed E-state index contributed by atoms with van der Waals surface area (Å²) in [6.45, 7) is 3.74. The van der Waals surface area contributed by atoms with Crippen LogP contribution < -0.4 is 9.62 Å². The number of nitrogens with zero attached hydrogens (tertiary/aromatic N) is 1. The average Bonchev–Trinajstić information content (AvgIpc) is 2.42. The number of benzene rings is 1. The van der Waals surface area contributed by atoms with E-state index in [9.17, 15) is 18.0 Å². The number of carbonyl (C=O) groups excluding carboxylic acids is 2. The first-order valence-corrected chi connectivity index (χ1v) is 8.96. The van der Waals surface area contributed by atoms with E-state index >= 15 is 0 Å². The summed E-state index contributed by atoms with van der Waals surface area (Å²) in [5.74, 6) is -0.174. The predicted molar refractivity (Wildman–Crippen MR) is 86.6 cm³/mol. The van der Waals surface area contributed by atoms with Crippen molar-refractivity contribution >= 4 is 27.4 Å². The van der Waals surface area contributed by atoms with E-state index in [1.165, 1.54) is 11.2 Å². The minimum absolute atomic E-state index is 0.0794. The van der Waals surface area contributed by atoms with E-state index in [4.69, 9.17) is 0 Å². The summed E-state index contributed by atoms with van der Waals surface area (Å²) in [4.78, 5) is 22.7. The van der Waals surface area contributed by atoms with Gasteiger partial charge in [0.2, 0.25) is 15.9 Å². The van der Waals surface area contributed by atoms with Crippen LogP contribution in [0.15, 0.2) is 24.3 Å². The SMILES string of the molecule is CCCC(=O)NCCN(c1ccc(C(C)=O)cc1)S(C)(=O)=O. The van der Waals surface area contributed by atoms with Crippen molar-refractivity contribution in [3.63, 3.8) is 0 Å². The number of nitrogens with one attached hydrogen (secondary N) is 1. The Morgan fingerprint density at radius 2 is 1.77 bits per heavy atom. The molecule has 0 unspecified atom stereocenters. The zero-order valence-corrected chi connectivity index (χ0v) is 13.9. The van der Waals surface area contributed by atoms with Gasteiger partial charge in [0, 0.05) is 18.5 Å². The number of ketones is 1. The second-order valence-electron chi connectivity index (χ2n) is 5.04. The fourth-order valence-electron chi connectivity index (χ4n) is 1.96. The van der Waals surface area contributed by atoms with Crippen molar-refractivity contribution in [3.8, 4) is 0 Å². The molecule has 0 aromatic heterocycles.